The van der Waals surface area contributed by atoms with Crippen LogP contribution < -0.4 is 0 Å². The zero-order valence-electron chi connectivity index (χ0n) is 16.6. The van der Waals surface area contributed by atoms with E-state index in [4.69, 9.17) is 9.47 Å². The highest BCUT2D eigenvalue weighted by molar-refractivity contribution is 6.03. The van der Waals surface area contributed by atoms with Gasteiger partial charge in [0, 0.05) is 0 Å². The van der Waals surface area contributed by atoms with E-state index in [1.807, 2.05) is 0 Å². The van der Waals surface area contributed by atoms with Crippen LogP contribution in [-0.2, 0) is 9.47 Å². The van der Waals surface area contributed by atoms with Crippen molar-refractivity contribution in [2.24, 2.45) is 5.92 Å². The summed E-state index contributed by atoms with van der Waals surface area (Å²) < 4.78 is 10.6. The first-order valence-corrected chi connectivity index (χ1v) is 9.99. The standard InChI is InChI=1S/C22H34O4/c1-4-5-6-7-11-16-25-21(23)19-14-8-9-15-20(19)22(24)26-17-12-10-13-18(2)3/h8-9,14-15,18H,4-7,10-13,16-17H2,1-3H3. The number of unbranched alkanes of at least 4 members (excludes halogenated alkanes) is 5. The van der Waals surface area contributed by atoms with E-state index in [-0.39, 0.29) is 11.1 Å². The van der Waals surface area contributed by atoms with Crippen LogP contribution in [0, 0.1) is 5.92 Å². The zero-order chi connectivity index (χ0) is 19.2. The Labute approximate surface area is 158 Å². The molecule has 0 heterocycles. The van der Waals surface area contributed by atoms with E-state index in [0.29, 0.717) is 19.1 Å². The third kappa shape index (κ3) is 9.02. The zero-order valence-corrected chi connectivity index (χ0v) is 16.6. The molecule has 0 aliphatic carbocycles. The van der Waals surface area contributed by atoms with Gasteiger partial charge in [0.25, 0.3) is 0 Å². The summed E-state index contributed by atoms with van der Waals surface area (Å²) in [5.41, 5.74) is 0.570. The van der Waals surface area contributed by atoms with E-state index in [1.54, 1.807) is 24.3 Å². The molecular formula is C22H34O4. The van der Waals surface area contributed by atoms with Gasteiger partial charge in [-0.1, -0.05) is 65.0 Å². The highest BCUT2D eigenvalue weighted by Crippen LogP contribution is 2.14. The maximum atomic E-state index is 12.3. The number of hydrogen-bond donors (Lipinski definition) is 0. The summed E-state index contributed by atoms with van der Waals surface area (Å²) in [6.45, 7) is 7.29. The van der Waals surface area contributed by atoms with E-state index in [0.717, 1.165) is 38.5 Å². The molecule has 0 aliphatic rings. The van der Waals surface area contributed by atoms with E-state index >= 15 is 0 Å². The fraction of sp³-hybridized carbons (Fsp3) is 0.636. The largest absolute Gasteiger partial charge is 0.462 e. The summed E-state index contributed by atoms with van der Waals surface area (Å²) in [4.78, 5) is 24.6. The van der Waals surface area contributed by atoms with Gasteiger partial charge < -0.3 is 9.47 Å². The lowest BCUT2D eigenvalue weighted by molar-refractivity contribution is 0.0450. The van der Waals surface area contributed by atoms with E-state index in [1.165, 1.54) is 12.8 Å². The van der Waals surface area contributed by atoms with Crippen molar-refractivity contribution in [2.45, 2.75) is 72.1 Å². The van der Waals surface area contributed by atoms with Crippen LogP contribution in [0.4, 0.5) is 0 Å². The van der Waals surface area contributed by atoms with Crippen molar-refractivity contribution in [1.82, 2.24) is 0 Å². The van der Waals surface area contributed by atoms with E-state index in [2.05, 4.69) is 20.8 Å². The van der Waals surface area contributed by atoms with Crippen molar-refractivity contribution in [2.75, 3.05) is 13.2 Å². The molecule has 0 aliphatic heterocycles. The number of carbonyl (C=O) groups excluding carboxylic acids is 2. The van der Waals surface area contributed by atoms with Crippen LogP contribution >= 0.6 is 0 Å². The van der Waals surface area contributed by atoms with Crippen LogP contribution in [0.1, 0.15) is 92.9 Å². The second kappa shape index (κ2) is 13.4. The van der Waals surface area contributed by atoms with Crippen molar-refractivity contribution >= 4 is 11.9 Å². The molecule has 0 fully saturated rings. The van der Waals surface area contributed by atoms with Crippen molar-refractivity contribution in [1.29, 1.82) is 0 Å². The highest BCUT2D eigenvalue weighted by Gasteiger charge is 2.18. The average molecular weight is 363 g/mol. The Kier molecular flexibility index (Phi) is 11.4. The first-order valence-electron chi connectivity index (χ1n) is 9.99. The van der Waals surface area contributed by atoms with Gasteiger partial charge in [-0.25, -0.2) is 9.59 Å². The van der Waals surface area contributed by atoms with Gasteiger partial charge in [0.05, 0.1) is 24.3 Å². The van der Waals surface area contributed by atoms with E-state index < -0.39 is 11.9 Å². The fourth-order valence-corrected chi connectivity index (χ4v) is 2.68. The summed E-state index contributed by atoms with van der Waals surface area (Å²) in [5, 5.41) is 0. The molecule has 26 heavy (non-hydrogen) atoms. The molecule has 0 saturated carbocycles. The number of rotatable bonds is 13. The van der Waals surface area contributed by atoms with Gasteiger partial charge in [-0.05, 0) is 37.3 Å². The Bertz CT molecular complexity index is 537. The van der Waals surface area contributed by atoms with Gasteiger partial charge in [0.1, 0.15) is 0 Å². The molecule has 146 valence electrons. The SMILES string of the molecule is CCCCCCCOC(=O)c1ccccc1C(=O)OCCCCC(C)C. The molecule has 0 spiro atoms. The summed E-state index contributed by atoms with van der Waals surface area (Å²) >= 11 is 0. The number of ether oxygens (including phenoxy) is 2. The minimum absolute atomic E-state index is 0.285. The molecule has 0 aromatic heterocycles. The Morgan fingerprint density at radius 3 is 1.81 bits per heavy atom. The summed E-state index contributed by atoms with van der Waals surface area (Å²) in [7, 11) is 0. The Morgan fingerprint density at radius 2 is 1.31 bits per heavy atom. The summed E-state index contributed by atoms with van der Waals surface area (Å²) in [6.07, 6.45) is 8.47. The number of esters is 2. The van der Waals surface area contributed by atoms with Crippen molar-refractivity contribution in [3.63, 3.8) is 0 Å². The second-order valence-electron chi connectivity index (χ2n) is 7.12. The van der Waals surface area contributed by atoms with Gasteiger partial charge >= 0.3 is 11.9 Å². The molecule has 0 N–H and O–H groups in total. The lowest BCUT2D eigenvalue weighted by Crippen LogP contribution is -2.15. The Balaban J connectivity index is 2.44. The average Bonchev–Trinajstić information content (AvgIpc) is 2.63. The van der Waals surface area contributed by atoms with Crippen molar-refractivity contribution in [3.05, 3.63) is 35.4 Å². The van der Waals surface area contributed by atoms with Crippen molar-refractivity contribution in [3.8, 4) is 0 Å². The molecule has 1 rings (SSSR count). The monoisotopic (exact) mass is 362 g/mol. The molecule has 0 unspecified atom stereocenters. The van der Waals surface area contributed by atoms with Crippen LogP contribution in [0.3, 0.4) is 0 Å². The van der Waals surface area contributed by atoms with Crippen LogP contribution in [-0.4, -0.2) is 25.2 Å². The first kappa shape index (κ1) is 22.2. The number of benzene rings is 1. The second-order valence-corrected chi connectivity index (χ2v) is 7.12. The summed E-state index contributed by atoms with van der Waals surface area (Å²) in [5.74, 6) is -0.249. The van der Waals surface area contributed by atoms with Crippen LogP contribution in [0.2, 0.25) is 0 Å². The number of carbonyl (C=O) groups is 2. The van der Waals surface area contributed by atoms with Gasteiger partial charge in [-0.2, -0.15) is 0 Å². The molecule has 0 bridgehead atoms. The molecule has 1 aromatic carbocycles. The summed E-state index contributed by atoms with van der Waals surface area (Å²) in [6, 6.07) is 6.71. The minimum Gasteiger partial charge on any atom is -0.462 e. The van der Waals surface area contributed by atoms with Gasteiger partial charge in [-0.15, -0.1) is 0 Å². The lowest BCUT2D eigenvalue weighted by atomic mass is 10.1. The van der Waals surface area contributed by atoms with Gasteiger partial charge in [0.2, 0.25) is 0 Å². The van der Waals surface area contributed by atoms with Gasteiger partial charge in [-0.3, -0.25) is 0 Å². The van der Waals surface area contributed by atoms with Crippen LogP contribution in [0.5, 0.6) is 0 Å². The molecule has 4 heteroatoms. The third-order valence-electron chi connectivity index (χ3n) is 4.26. The number of hydrogen-bond acceptors (Lipinski definition) is 4. The molecule has 0 radical (unpaired) electrons. The van der Waals surface area contributed by atoms with Crippen molar-refractivity contribution < 1.29 is 19.1 Å². The molecular weight excluding hydrogens is 328 g/mol. The molecule has 0 saturated heterocycles. The molecule has 0 amide bonds. The predicted molar refractivity (Wildman–Crippen MR) is 104 cm³/mol. The van der Waals surface area contributed by atoms with Crippen LogP contribution in [0.25, 0.3) is 0 Å². The quantitative estimate of drug-likeness (QED) is 0.329. The first-order chi connectivity index (χ1) is 12.6. The molecule has 0 atom stereocenters. The minimum atomic E-state index is -0.454. The normalized spacial score (nSPS) is 10.8. The molecule has 1 aromatic rings. The topological polar surface area (TPSA) is 52.6 Å². The van der Waals surface area contributed by atoms with E-state index in [9.17, 15) is 9.59 Å². The third-order valence-corrected chi connectivity index (χ3v) is 4.26. The maximum absolute atomic E-state index is 12.3. The van der Waals surface area contributed by atoms with Gasteiger partial charge in [0.15, 0.2) is 0 Å². The highest BCUT2D eigenvalue weighted by atomic mass is 16.5. The maximum Gasteiger partial charge on any atom is 0.339 e. The molecule has 4 nitrogen and oxygen atoms in total. The Morgan fingerprint density at radius 1 is 0.808 bits per heavy atom. The fourth-order valence-electron chi connectivity index (χ4n) is 2.68. The van der Waals surface area contributed by atoms with Crippen LogP contribution in [0.15, 0.2) is 24.3 Å². The smallest absolute Gasteiger partial charge is 0.339 e. The predicted octanol–water partition coefficient (Wildman–Crippen LogP) is 5.80. The lowest BCUT2D eigenvalue weighted by Gasteiger charge is -2.10. The Hall–Kier alpha value is -1.84.